The van der Waals surface area contributed by atoms with Gasteiger partial charge < -0.3 is 5.32 Å². The number of nitrogens with zero attached hydrogens (tertiary/aromatic N) is 4. The molecule has 0 radical (unpaired) electrons. The molecule has 124 valence electrons. The summed E-state index contributed by atoms with van der Waals surface area (Å²) in [6.07, 6.45) is 7.73. The van der Waals surface area contributed by atoms with E-state index in [0.717, 1.165) is 23.5 Å². The number of nitrogens with one attached hydrogen (secondary N) is 1. The van der Waals surface area contributed by atoms with E-state index in [4.69, 9.17) is 0 Å². The maximum absolute atomic E-state index is 4.46. The highest BCUT2D eigenvalue weighted by atomic mass is 15.3. The van der Waals surface area contributed by atoms with Gasteiger partial charge >= 0.3 is 0 Å². The molecule has 0 fully saturated rings. The van der Waals surface area contributed by atoms with Crippen molar-refractivity contribution in [2.24, 2.45) is 0 Å². The highest BCUT2D eigenvalue weighted by Gasteiger charge is 2.14. The summed E-state index contributed by atoms with van der Waals surface area (Å²) in [4.78, 5) is 8.93. The zero-order valence-electron chi connectivity index (χ0n) is 14.3. The lowest BCUT2D eigenvalue weighted by Crippen LogP contribution is -2.33. The molecule has 2 heterocycles. The van der Waals surface area contributed by atoms with Gasteiger partial charge in [0, 0.05) is 42.3 Å². The van der Waals surface area contributed by atoms with Crippen LogP contribution in [0.2, 0.25) is 0 Å². The average Bonchev–Trinajstić information content (AvgIpc) is 3.06. The van der Waals surface area contributed by atoms with Gasteiger partial charge in [-0.3, -0.25) is 4.68 Å². The van der Waals surface area contributed by atoms with E-state index in [2.05, 4.69) is 47.4 Å². The Morgan fingerprint density at radius 3 is 2.38 bits per heavy atom. The number of aryl methyl sites for hydroxylation is 1. The van der Waals surface area contributed by atoms with Crippen LogP contribution in [-0.4, -0.2) is 25.8 Å². The molecule has 0 spiro atoms. The van der Waals surface area contributed by atoms with Gasteiger partial charge in [0.15, 0.2) is 5.82 Å². The Morgan fingerprint density at radius 1 is 1.04 bits per heavy atom. The minimum atomic E-state index is 0.281. The third kappa shape index (κ3) is 3.86. The van der Waals surface area contributed by atoms with Crippen molar-refractivity contribution in [1.82, 2.24) is 25.1 Å². The predicted octanol–water partition coefficient (Wildman–Crippen LogP) is 3.39. The van der Waals surface area contributed by atoms with Gasteiger partial charge in [-0.1, -0.05) is 30.3 Å². The first-order valence-electron chi connectivity index (χ1n) is 8.24. The van der Waals surface area contributed by atoms with Crippen LogP contribution in [-0.2, 0) is 6.54 Å². The summed E-state index contributed by atoms with van der Waals surface area (Å²) in [6, 6.07) is 10.6. The number of hydrogen-bond acceptors (Lipinski definition) is 4. The Balaban J connectivity index is 1.58. The van der Waals surface area contributed by atoms with E-state index in [9.17, 15) is 0 Å². The van der Waals surface area contributed by atoms with Crippen LogP contribution in [0.3, 0.4) is 0 Å². The smallest absolute Gasteiger partial charge is 0.159 e. The molecule has 0 aliphatic heterocycles. The van der Waals surface area contributed by atoms with E-state index in [1.165, 1.54) is 5.56 Å². The van der Waals surface area contributed by atoms with Crippen molar-refractivity contribution in [1.29, 1.82) is 0 Å². The van der Waals surface area contributed by atoms with Crippen LogP contribution in [0.4, 0.5) is 0 Å². The van der Waals surface area contributed by atoms with Crippen molar-refractivity contribution in [2.45, 2.75) is 39.4 Å². The monoisotopic (exact) mass is 321 g/mol. The summed E-state index contributed by atoms with van der Waals surface area (Å²) in [7, 11) is 0. The van der Waals surface area contributed by atoms with Crippen LogP contribution in [0.5, 0.6) is 0 Å². The molecule has 2 aromatic heterocycles. The molecule has 3 aromatic rings. The Kier molecular flexibility index (Phi) is 5.01. The Morgan fingerprint density at radius 2 is 1.75 bits per heavy atom. The lowest BCUT2D eigenvalue weighted by atomic mass is 10.1. The van der Waals surface area contributed by atoms with E-state index in [-0.39, 0.29) is 12.1 Å². The third-order valence-electron chi connectivity index (χ3n) is 4.24. The standard InChI is InChI=1S/C19H23N5/c1-14-9-23-24(13-14)16(3)15(2)20-10-17-11-21-19(22-12-17)18-7-5-4-6-8-18/h4-9,11-13,15-16,20H,10H2,1-3H3. The molecule has 2 atom stereocenters. The van der Waals surface area contributed by atoms with Crippen LogP contribution in [0.1, 0.15) is 31.0 Å². The Hall–Kier alpha value is -2.53. The van der Waals surface area contributed by atoms with Crippen molar-refractivity contribution >= 4 is 0 Å². The Labute approximate surface area is 142 Å². The van der Waals surface area contributed by atoms with Crippen molar-refractivity contribution < 1.29 is 0 Å². The molecule has 1 aromatic carbocycles. The van der Waals surface area contributed by atoms with Crippen LogP contribution in [0.15, 0.2) is 55.1 Å². The van der Waals surface area contributed by atoms with Crippen molar-refractivity contribution in [3.63, 3.8) is 0 Å². The number of hydrogen-bond donors (Lipinski definition) is 1. The van der Waals surface area contributed by atoms with Crippen molar-refractivity contribution in [2.75, 3.05) is 0 Å². The van der Waals surface area contributed by atoms with Gasteiger partial charge in [0.2, 0.25) is 0 Å². The average molecular weight is 321 g/mol. The van der Waals surface area contributed by atoms with Crippen LogP contribution < -0.4 is 5.32 Å². The first-order chi connectivity index (χ1) is 11.6. The zero-order chi connectivity index (χ0) is 16.9. The van der Waals surface area contributed by atoms with Gasteiger partial charge in [0.1, 0.15) is 0 Å². The quantitative estimate of drug-likeness (QED) is 0.756. The summed E-state index contributed by atoms with van der Waals surface area (Å²) in [6.45, 7) is 7.13. The molecule has 24 heavy (non-hydrogen) atoms. The maximum Gasteiger partial charge on any atom is 0.159 e. The number of rotatable bonds is 6. The molecule has 0 bridgehead atoms. The highest BCUT2D eigenvalue weighted by molar-refractivity contribution is 5.53. The van der Waals surface area contributed by atoms with E-state index >= 15 is 0 Å². The lowest BCUT2D eigenvalue weighted by molar-refractivity contribution is 0.364. The fourth-order valence-electron chi connectivity index (χ4n) is 2.52. The highest BCUT2D eigenvalue weighted by Crippen LogP contribution is 2.14. The molecule has 5 nitrogen and oxygen atoms in total. The van der Waals surface area contributed by atoms with Gasteiger partial charge in [-0.2, -0.15) is 5.10 Å². The fourth-order valence-corrected chi connectivity index (χ4v) is 2.52. The Bertz CT molecular complexity index is 764. The van der Waals surface area contributed by atoms with E-state index in [1.807, 2.05) is 53.6 Å². The van der Waals surface area contributed by atoms with Gasteiger partial charge in [-0.15, -0.1) is 0 Å². The normalized spacial score (nSPS) is 13.6. The first kappa shape index (κ1) is 16.3. The van der Waals surface area contributed by atoms with Crippen LogP contribution in [0, 0.1) is 6.92 Å². The lowest BCUT2D eigenvalue weighted by Gasteiger charge is -2.21. The maximum atomic E-state index is 4.46. The summed E-state index contributed by atoms with van der Waals surface area (Å²) >= 11 is 0. The van der Waals surface area contributed by atoms with E-state index in [0.29, 0.717) is 0 Å². The second kappa shape index (κ2) is 7.36. The molecular weight excluding hydrogens is 298 g/mol. The summed E-state index contributed by atoms with van der Waals surface area (Å²) in [5, 5.41) is 7.91. The second-order valence-electron chi connectivity index (χ2n) is 6.19. The van der Waals surface area contributed by atoms with Gasteiger partial charge in [0.25, 0.3) is 0 Å². The fraction of sp³-hybridized carbons (Fsp3) is 0.316. The molecule has 1 N–H and O–H groups in total. The molecule has 5 heteroatoms. The molecule has 0 saturated carbocycles. The molecule has 0 aliphatic rings. The van der Waals surface area contributed by atoms with Gasteiger partial charge in [0.05, 0.1) is 12.2 Å². The predicted molar refractivity (Wildman–Crippen MR) is 95.4 cm³/mol. The minimum absolute atomic E-state index is 0.281. The molecular formula is C19H23N5. The SMILES string of the molecule is Cc1cnn(C(C)C(C)NCc2cnc(-c3ccccc3)nc2)c1. The molecule has 3 rings (SSSR count). The number of aromatic nitrogens is 4. The van der Waals surface area contributed by atoms with Crippen LogP contribution >= 0.6 is 0 Å². The first-order valence-corrected chi connectivity index (χ1v) is 8.24. The summed E-state index contributed by atoms with van der Waals surface area (Å²) in [5.74, 6) is 0.757. The van der Waals surface area contributed by atoms with Gasteiger partial charge in [-0.05, 0) is 26.3 Å². The third-order valence-corrected chi connectivity index (χ3v) is 4.24. The molecule has 0 saturated heterocycles. The zero-order valence-corrected chi connectivity index (χ0v) is 14.3. The molecule has 2 unspecified atom stereocenters. The van der Waals surface area contributed by atoms with Gasteiger partial charge in [-0.25, -0.2) is 9.97 Å². The largest absolute Gasteiger partial charge is 0.308 e. The van der Waals surface area contributed by atoms with E-state index < -0.39 is 0 Å². The van der Waals surface area contributed by atoms with Crippen molar-refractivity contribution in [3.8, 4) is 11.4 Å². The summed E-state index contributed by atoms with van der Waals surface area (Å²) < 4.78 is 2.00. The molecule has 0 amide bonds. The molecule has 0 aliphatic carbocycles. The number of benzene rings is 1. The topological polar surface area (TPSA) is 55.6 Å². The van der Waals surface area contributed by atoms with E-state index in [1.54, 1.807) is 0 Å². The minimum Gasteiger partial charge on any atom is -0.308 e. The summed E-state index contributed by atoms with van der Waals surface area (Å²) in [5.41, 5.74) is 3.29. The van der Waals surface area contributed by atoms with Crippen LogP contribution in [0.25, 0.3) is 11.4 Å². The second-order valence-corrected chi connectivity index (χ2v) is 6.19. The van der Waals surface area contributed by atoms with Crippen molar-refractivity contribution in [3.05, 3.63) is 66.2 Å².